The van der Waals surface area contributed by atoms with Crippen LogP contribution in [0, 0.1) is 0 Å². The zero-order chi connectivity index (χ0) is 10.1. The fourth-order valence-electron chi connectivity index (χ4n) is 1.56. The first-order chi connectivity index (χ1) is 6.74. The van der Waals surface area contributed by atoms with Gasteiger partial charge in [-0.1, -0.05) is 0 Å². The van der Waals surface area contributed by atoms with Crippen molar-refractivity contribution in [2.24, 2.45) is 0 Å². The van der Waals surface area contributed by atoms with Crippen LogP contribution in [0.2, 0.25) is 0 Å². The Balaban J connectivity index is 2.45. The molecule has 1 aliphatic rings. The van der Waals surface area contributed by atoms with E-state index in [0.29, 0.717) is 24.5 Å². The van der Waals surface area contributed by atoms with Crippen LogP contribution in [0.25, 0.3) is 0 Å². The van der Waals surface area contributed by atoms with Gasteiger partial charge in [-0.15, -0.1) is 0 Å². The third-order valence-corrected chi connectivity index (χ3v) is 2.13. The first-order valence-electron chi connectivity index (χ1n) is 4.24. The van der Waals surface area contributed by atoms with Crippen molar-refractivity contribution in [2.45, 2.75) is 19.8 Å². The molecule has 14 heavy (non-hydrogen) atoms. The number of carboxylic acids is 1. The van der Waals surface area contributed by atoms with Gasteiger partial charge in [-0.25, -0.2) is 4.79 Å². The van der Waals surface area contributed by atoms with E-state index in [1.165, 1.54) is 4.68 Å². The molecule has 0 unspecified atom stereocenters. The van der Waals surface area contributed by atoms with Crippen LogP contribution in [-0.4, -0.2) is 32.6 Å². The minimum atomic E-state index is -1.03. The number of nitrogens with zero attached hydrogens (tertiary/aromatic N) is 2. The molecule has 0 atom stereocenters. The highest BCUT2D eigenvalue weighted by Gasteiger charge is 2.26. The maximum atomic E-state index is 10.9. The predicted molar refractivity (Wildman–Crippen MR) is 44.8 cm³/mol. The molecule has 0 saturated heterocycles. The number of carbonyl (C=O) groups is 1. The highest BCUT2D eigenvalue weighted by atomic mass is 16.5. The summed E-state index contributed by atoms with van der Waals surface area (Å²) in [5, 5.41) is 21.7. The topological polar surface area (TPSA) is 84.6 Å². The largest absolute Gasteiger partial charge is 0.477 e. The monoisotopic (exact) mass is 198 g/mol. The molecular formula is C8H10N2O4. The van der Waals surface area contributed by atoms with Crippen LogP contribution in [-0.2, 0) is 24.5 Å². The number of ether oxygens (including phenoxy) is 1. The Morgan fingerprint density at radius 2 is 2.36 bits per heavy atom. The molecule has 0 amide bonds. The summed E-state index contributed by atoms with van der Waals surface area (Å²) in [5.74, 6) is -1.03. The van der Waals surface area contributed by atoms with E-state index in [0.717, 1.165) is 0 Å². The van der Waals surface area contributed by atoms with Gasteiger partial charge in [0.1, 0.15) is 0 Å². The van der Waals surface area contributed by atoms with Crippen molar-refractivity contribution in [3.63, 3.8) is 0 Å². The van der Waals surface area contributed by atoms with Crippen LogP contribution in [0.1, 0.15) is 21.7 Å². The van der Waals surface area contributed by atoms with Gasteiger partial charge in [-0.3, -0.25) is 4.68 Å². The summed E-state index contributed by atoms with van der Waals surface area (Å²) in [7, 11) is 0. The van der Waals surface area contributed by atoms with E-state index in [2.05, 4.69) is 5.10 Å². The fourth-order valence-corrected chi connectivity index (χ4v) is 1.56. The lowest BCUT2D eigenvalue weighted by Gasteiger charge is -2.02. The lowest BCUT2D eigenvalue weighted by molar-refractivity contribution is 0.0673. The summed E-state index contributed by atoms with van der Waals surface area (Å²) in [5.41, 5.74) is 1.42. The third kappa shape index (κ3) is 1.28. The van der Waals surface area contributed by atoms with E-state index in [-0.39, 0.29) is 18.8 Å². The Morgan fingerprint density at radius 3 is 3.00 bits per heavy atom. The van der Waals surface area contributed by atoms with Crippen molar-refractivity contribution < 1.29 is 19.7 Å². The van der Waals surface area contributed by atoms with Crippen LogP contribution in [0.3, 0.4) is 0 Å². The predicted octanol–water partition coefficient (Wildman–Crippen LogP) is -0.396. The number of aromatic carboxylic acids is 1. The van der Waals surface area contributed by atoms with Gasteiger partial charge < -0.3 is 14.9 Å². The molecule has 76 valence electrons. The van der Waals surface area contributed by atoms with Crippen LogP contribution in [0.4, 0.5) is 0 Å². The van der Waals surface area contributed by atoms with Crippen LogP contribution in [0.5, 0.6) is 0 Å². The van der Waals surface area contributed by atoms with Crippen molar-refractivity contribution in [2.75, 3.05) is 6.61 Å². The first-order valence-corrected chi connectivity index (χ1v) is 4.24. The van der Waals surface area contributed by atoms with E-state index in [1.54, 1.807) is 0 Å². The highest BCUT2D eigenvalue weighted by Crippen LogP contribution is 2.22. The number of hydrogen-bond donors (Lipinski definition) is 2. The van der Waals surface area contributed by atoms with Crippen molar-refractivity contribution in [1.29, 1.82) is 0 Å². The number of carboxylic acid groups (broad SMARTS) is 1. The molecule has 0 aliphatic carbocycles. The highest BCUT2D eigenvalue weighted by molar-refractivity contribution is 5.87. The van der Waals surface area contributed by atoms with Gasteiger partial charge in [0, 0.05) is 5.56 Å². The second-order valence-electron chi connectivity index (χ2n) is 3.02. The Hall–Kier alpha value is -1.40. The SMILES string of the molecule is O=C(O)c1c2c(nn1CCO)COC2. The van der Waals surface area contributed by atoms with Gasteiger partial charge in [0.2, 0.25) is 0 Å². The normalized spacial score (nSPS) is 14.4. The minimum Gasteiger partial charge on any atom is -0.477 e. The van der Waals surface area contributed by atoms with Crippen molar-refractivity contribution >= 4 is 5.97 Å². The average Bonchev–Trinajstić information content (AvgIpc) is 2.62. The Kier molecular flexibility index (Phi) is 2.22. The third-order valence-electron chi connectivity index (χ3n) is 2.13. The molecule has 0 spiro atoms. The van der Waals surface area contributed by atoms with E-state index in [1.807, 2.05) is 0 Å². The number of aromatic nitrogens is 2. The molecule has 1 aromatic rings. The standard InChI is InChI=1S/C8H10N2O4/c11-2-1-10-7(8(12)13)5-3-14-4-6(5)9-10/h11H,1-4H2,(H,12,13). The molecule has 0 saturated carbocycles. The summed E-state index contributed by atoms with van der Waals surface area (Å²) < 4.78 is 6.39. The fraction of sp³-hybridized carbons (Fsp3) is 0.500. The van der Waals surface area contributed by atoms with Crippen LogP contribution >= 0.6 is 0 Å². The van der Waals surface area contributed by atoms with E-state index >= 15 is 0 Å². The number of hydrogen-bond acceptors (Lipinski definition) is 4. The summed E-state index contributed by atoms with van der Waals surface area (Å²) >= 11 is 0. The number of rotatable bonds is 3. The molecule has 6 heteroatoms. The first kappa shape index (κ1) is 9.17. The van der Waals surface area contributed by atoms with Crippen molar-refractivity contribution in [3.8, 4) is 0 Å². The lowest BCUT2D eigenvalue weighted by atomic mass is 10.2. The van der Waals surface area contributed by atoms with Gasteiger partial charge in [0.15, 0.2) is 5.69 Å². The van der Waals surface area contributed by atoms with Crippen molar-refractivity contribution in [3.05, 3.63) is 17.0 Å². The number of fused-ring (bicyclic) bond motifs is 1. The summed E-state index contributed by atoms with van der Waals surface area (Å²) in [4.78, 5) is 10.9. The van der Waals surface area contributed by atoms with Crippen LogP contribution in [0.15, 0.2) is 0 Å². The summed E-state index contributed by atoms with van der Waals surface area (Å²) in [6, 6.07) is 0. The van der Waals surface area contributed by atoms with Gasteiger partial charge in [-0.05, 0) is 0 Å². The molecule has 0 bridgehead atoms. The zero-order valence-electron chi connectivity index (χ0n) is 7.43. The van der Waals surface area contributed by atoms with E-state index < -0.39 is 5.97 Å². The smallest absolute Gasteiger partial charge is 0.354 e. The Bertz CT molecular complexity index is 372. The van der Waals surface area contributed by atoms with Gasteiger partial charge in [0.05, 0.1) is 32.1 Å². The maximum Gasteiger partial charge on any atom is 0.354 e. The summed E-state index contributed by atoms with van der Waals surface area (Å²) in [6.07, 6.45) is 0. The molecule has 2 N–H and O–H groups in total. The van der Waals surface area contributed by atoms with E-state index in [4.69, 9.17) is 14.9 Å². The number of aliphatic hydroxyl groups excluding tert-OH is 1. The molecule has 2 rings (SSSR count). The number of aliphatic hydroxyl groups is 1. The minimum absolute atomic E-state index is 0.123. The van der Waals surface area contributed by atoms with Crippen LogP contribution < -0.4 is 0 Å². The maximum absolute atomic E-state index is 10.9. The van der Waals surface area contributed by atoms with Gasteiger partial charge in [-0.2, -0.15) is 5.10 Å². The summed E-state index contributed by atoms with van der Waals surface area (Å²) in [6.45, 7) is 0.729. The lowest BCUT2D eigenvalue weighted by Crippen LogP contribution is -2.14. The molecule has 0 fully saturated rings. The zero-order valence-corrected chi connectivity index (χ0v) is 7.43. The average molecular weight is 198 g/mol. The molecule has 1 aliphatic heterocycles. The molecule has 6 nitrogen and oxygen atoms in total. The van der Waals surface area contributed by atoms with Gasteiger partial charge >= 0.3 is 5.97 Å². The molecule has 0 radical (unpaired) electrons. The molecule has 2 heterocycles. The quantitative estimate of drug-likeness (QED) is 0.690. The Morgan fingerprint density at radius 1 is 1.57 bits per heavy atom. The van der Waals surface area contributed by atoms with Gasteiger partial charge in [0.25, 0.3) is 0 Å². The molecule has 1 aromatic heterocycles. The van der Waals surface area contributed by atoms with Crippen molar-refractivity contribution in [1.82, 2.24) is 9.78 Å². The second-order valence-corrected chi connectivity index (χ2v) is 3.02. The molecule has 0 aromatic carbocycles. The Labute approximate surface area is 79.7 Å². The molecular weight excluding hydrogens is 188 g/mol. The second kappa shape index (κ2) is 3.39. The van der Waals surface area contributed by atoms with E-state index in [9.17, 15) is 4.79 Å².